The van der Waals surface area contributed by atoms with E-state index >= 15 is 0 Å². The lowest BCUT2D eigenvalue weighted by molar-refractivity contribution is -0.123. The maximum absolute atomic E-state index is 13.5. The molecule has 1 aliphatic heterocycles. The largest absolute Gasteiger partial charge is 0.321 e. The van der Waals surface area contributed by atoms with Gasteiger partial charge in [-0.1, -0.05) is 42.8 Å². The topological polar surface area (TPSA) is 57.7 Å². The predicted molar refractivity (Wildman–Crippen MR) is 114 cm³/mol. The van der Waals surface area contributed by atoms with Gasteiger partial charge in [-0.25, -0.2) is 4.90 Å². The van der Waals surface area contributed by atoms with E-state index in [9.17, 15) is 14.4 Å². The number of aryl methyl sites for hydroxylation is 2. The standard InChI is InChI=1S/C24H28N2O3/c1-6-24(4,5)26(22(28)19-10-8-7-9-17(19)3)20-15-21(27)25(23(20)29)18-13-11-16(2)12-14-18/h7-14,20H,6,15H2,1-5H3. The second-order valence-corrected chi connectivity index (χ2v) is 8.28. The number of hydrogen-bond donors (Lipinski definition) is 0. The van der Waals surface area contributed by atoms with Gasteiger partial charge in [-0.2, -0.15) is 0 Å². The van der Waals surface area contributed by atoms with Gasteiger partial charge >= 0.3 is 0 Å². The quantitative estimate of drug-likeness (QED) is 0.714. The highest BCUT2D eigenvalue weighted by Crippen LogP contribution is 2.32. The van der Waals surface area contributed by atoms with Crippen molar-refractivity contribution in [2.45, 2.75) is 59.0 Å². The number of carbonyl (C=O) groups is 3. The molecule has 5 nitrogen and oxygen atoms in total. The van der Waals surface area contributed by atoms with Gasteiger partial charge in [0.15, 0.2) is 0 Å². The molecule has 152 valence electrons. The molecule has 2 aromatic rings. The van der Waals surface area contributed by atoms with Crippen molar-refractivity contribution in [1.29, 1.82) is 0 Å². The molecular weight excluding hydrogens is 364 g/mol. The van der Waals surface area contributed by atoms with Crippen LogP contribution in [-0.2, 0) is 9.59 Å². The molecule has 3 rings (SSSR count). The third kappa shape index (κ3) is 3.82. The first-order valence-corrected chi connectivity index (χ1v) is 10.00. The molecule has 1 saturated heterocycles. The molecular formula is C24H28N2O3. The number of nitrogens with zero attached hydrogens (tertiary/aromatic N) is 2. The Morgan fingerprint density at radius 1 is 1.07 bits per heavy atom. The highest BCUT2D eigenvalue weighted by atomic mass is 16.2. The number of imide groups is 1. The molecule has 1 unspecified atom stereocenters. The number of amides is 3. The van der Waals surface area contributed by atoms with E-state index in [0.717, 1.165) is 11.1 Å². The summed E-state index contributed by atoms with van der Waals surface area (Å²) < 4.78 is 0. The lowest BCUT2D eigenvalue weighted by Crippen LogP contribution is -2.55. The smallest absolute Gasteiger partial charge is 0.257 e. The van der Waals surface area contributed by atoms with E-state index < -0.39 is 11.6 Å². The van der Waals surface area contributed by atoms with Crippen LogP contribution in [-0.4, -0.2) is 34.2 Å². The van der Waals surface area contributed by atoms with E-state index in [1.54, 1.807) is 23.1 Å². The first-order chi connectivity index (χ1) is 13.7. The molecule has 0 aliphatic carbocycles. The van der Waals surface area contributed by atoms with Gasteiger partial charge in [0.2, 0.25) is 5.91 Å². The van der Waals surface area contributed by atoms with Crippen molar-refractivity contribution in [2.24, 2.45) is 0 Å². The van der Waals surface area contributed by atoms with Crippen molar-refractivity contribution in [2.75, 3.05) is 4.90 Å². The second kappa shape index (κ2) is 7.82. The predicted octanol–water partition coefficient (Wildman–Crippen LogP) is 4.27. The average Bonchev–Trinajstić information content (AvgIpc) is 2.96. The molecule has 5 heteroatoms. The van der Waals surface area contributed by atoms with E-state index in [-0.39, 0.29) is 24.1 Å². The van der Waals surface area contributed by atoms with Crippen LogP contribution in [0.5, 0.6) is 0 Å². The minimum absolute atomic E-state index is 0.00619. The molecule has 29 heavy (non-hydrogen) atoms. The second-order valence-electron chi connectivity index (χ2n) is 8.28. The van der Waals surface area contributed by atoms with Crippen molar-refractivity contribution in [3.8, 4) is 0 Å². The molecule has 0 aromatic heterocycles. The Hall–Kier alpha value is -2.95. The summed E-state index contributed by atoms with van der Waals surface area (Å²) in [6.07, 6.45) is 0.654. The van der Waals surface area contributed by atoms with E-state index in [2.05, 4.69) is 0 Å². The first-order valence-electron chi connectivity index (χ1n) is 10.00. The van der Waals surface area contributed by atoms with Gasteiger partial charge in [-0.05, 0) is 57.9 Å². The molecule has 1 atom stereocenters. The van der Waals surface area contributed by atoms with E-state index in [4.69, 9.17) is 0 Å². The Morgan fingerprint density at radius 3 is 2.28 bits per heavy atom. The summed E-state index contributed by atoms with van der Waals surface area (Å²) in [4.78, 5) is 42.5. The van der Waals surface area contributed by atoms with Gasteiger partial charge in [-0.15, -0.1) is 0 Å². The van der Waals surface area contributed by atoms with Crippen LogP contribution in [0.4, 0.5) is 5.69 Å². The number of rotatable bonds is 5. The Labute approximate surface area is 172 Å². The van der Waals surface area contributed by atoms with Crippen LogP contribution in [0.2, 0.25) is 0 Å². The summed E-state index contributed by atoms with van der Waals surface area (Å²) in [5, 5.41) is 0. The molecule has 0 saturated carbocycles. The van der Waals surface area contributed by atoms with Crippen molar-refractivity contribution in [3.05, 3.63) is 65.2 Å². The molecule has 0 radical (unpaired) electrons. The van der Waals surface area contributed by atoms with Gasteiger partial charge < -0.3 is 4.90 Å². The first kappa shape index (κ1) is 20.8. The van der Waals surface area contributed by atoms with Gasteiger partial charge in [0.1, 0.15) is 6.04 Å². The summed E-state index contributed by atoms with van der Waals surface area (Å²) in [6, 6.07) is 13.8. The van der Waals surface area contributed by atoms with Crippen LogP contribution in [0.1, 0.15) is 55.1 Å². The zero-order valence-electron chi connectivity index (χ0n) is 17.7. The minimum Gasteiger partial charge on any atom is -0.321 e. The van der Waals surface area contributed by atoms with Gasteiger partial charge in [0.05, 0.1) is 12.1 Å². The maximum atomic E-state index is 13.5. The lowest BCUT2D eigenvalue weighted by atomic mass is 9.94. The molecule has 0 spiro atoms. The summed E-state index contributed by atoms with van der Waals surface area (Å²) in [5.41, 5.74) is 2.42. The molecule has 3 amide bonds. The SMILES string of the molecule is CCC(C)(C)N(C(=O)c1ccccc1C)C1CC(=O)N(c2ccc(C)cc2)C1=O. The van der Waals surface area contributed by atoms with E-state index in [1.807, 2.05) is 65.0 Å². The van der Waals surface area contributed by atoms with Crippen LogP contribution in [0.15, 0.2) is 48.5 Å². The Balaban J connectivity index is 2.02. The Morgan fingerprint density at radius 2 is 1.69 bits per heavy atom. The van der Waals surface area contributed by atoms with Crippen LogP contribution >= 0.6 is 0 Å². The number of benzene rings is 2. The van der Waals surface area contributed by atoms with Crippen LogP contribution < -0.4 is 4.90 Å². The number of carbonyl (C=O) groups excluding carboxylic acids is 3. The minimum atomic E-state index is -0.814. The van der Waals surface area contributed by atoms with Gasteiger partial charge in [-0.3, -0.25) is 14.4 Å². The zero-order valence-corrected chi connectivity index (χ0v) is 17.7. The summed E-state index contributed by atoms with van der Waals surface area (Å²) in [7, 11) is 0. The number of hydrogen-bond acceptors (Lipinski definition) is 3. The Bertz CT molecular complexity index is 947. The van der Waals surface area contributed by atoms with E-state index in [0.29, 0.717) is 17.7 Å². The summed E-state index contributed by atoms with van der Waals surface area (Å²) in [6.45, 7) is 9.69. The normalized spacial score (nSPS) is 17.0. The van der Waals surface area contributed by atoms with Gasteiger partial charge in [0.25, 0.3) is 11.8 Å². The summed E-state index contributed by atoms with van der Waals surface area (Å²) >= 11 is 0. The van der Waals surface area contributed by atoms with Crippen molar-refractivity contribution in [1.82, 2.24) is 4.90 Å². The zero-order chi connectivity index (χ0) is 21.3. The fraction of sp³-hybridized carbons (Fsp3) is 0.375. The fourth-order valence-electron chi connectivity index (χ4n) is 3.73. The third-order valence-corrected chi connectivity index (χ3v) is 5.84. The third-order valence-electron chi connectivity index (χ3n) is 5.84. The summed E-state index contributed by atoms with van der Waals surface area (Å²) in [5.74, 6) is -0.840. The molecule has 1 aliphatic rings. The van der Waals surface area contributed by atoms with Gasteiger partial charge in [0, 0.05) is 11.1 Å². The molecule has 0 bridgehead atoms. The van der Waals surface area contributed by atoms with Crippen LogP contribution in [0.25, 0.3) is 0 Å². The van der Waals surface area contributed by atoms with Crippen LogP contribution in [0.3, 0.4) is 0 Å². The fourth-order valence-corrected chi connectivity index (χ4v) is 3.73. The van der Waals surface area contributed by atoms with Crippen molar-refractivity contribution >= 4 is 23.4 Å². The highest BCUT2D eigenvalue weighted by Gasteiger charge is 2.48. The van der Waals surface area contributed by atoms with Crippen molar-refractivity contribution in [3.63, 3.8) is 0 Å². The lowest BCUT2D eigenvalue weighted by Gasteiger charge is -2.41. The average molecular weight is 392 g/mol. The maximum Gasteiger partial charge on any atom is 0.257 e. The molecule has 1 fully saturated rings. The Kier molecular flexibility index (Phi) is 5.60. The molecule has 2 aromatic carbocycles. The van der Waals surface area contributed by atoms with Crippen molar-refractivity contribution < 1.29 is 14.4 Å². The number of anilines is 1. The monoisotopic (exact) mass is 392 g/mol. The molecule has 0 N–H and O–H groups in total. The highest BCUT2D eigenvalue weighted by molar-refractivity contribution is 6.23. The van der Waals surface area contributed by atoms with E-state index in [1.165, 1.54) is 4.90 Å². The van der Waals surface area contributed by atoms with Crippen LogP contribution in [0, 0.1) is 13.8 Å². The molecule has 1 heterocycles.